The number of fused-ring (bicyclic) bond motifs is 1. The van der Waals surface area contributed by atoms with E-state index in [9.17, 15) is 0 Å². The Hall–Kier alpha value is -0.510. The van der Waals surface area contributed by atoms with Crippen LogP contribution in [0.5, 0.6) is 0 Å². The first-order chi connectivity index (χ1) is 7.74. The number of hydrogen-bond donors (Lipinski definition) is 1. The van der Waals surface area contributed by atoms with Crippen LogP contribution in [-0.4, -0.2) is 31.2 Å². The van der Waals surface area contributed by atoms with Gasteiger partial charge < -0.3 is 10.2 Å². The number of nitrogens with one attached hydrogen (secondary N) is 1. The van der Waals surface area contributed by atoms with Crippen LogP contribution in [0.4, 0.5) is 5.69 Å². The van der Waals surface area contributed by atoms with Crippen molar-refractivity contribution < 1.29 is 0 Å². The van der Waals surface area contributed by atoms with Crippen LogP contribution in [0.1, 0.15) is 0 Å². The van der Waals surface area contributed by atoms with E-state index in [4.69, 9.17) is 23.2 Å². The minimum absolute atomic E-state index is 0.381. The summed E-state index contributed by atoms with van der Waals surface area (Å²) in [6, 6.07) is 1.91. The van der Waals surface area contributed by atoms with Crippen molar-refractivity contribution >= 4 is 28.9 Å². The van der Waals surface area contributed by atoms with E-state index >= 15 is 0 Å². The third kappa shape index (κ3) is 1.77. The summed E-state index contributed by atoms with van der Waals surface area (Å²) >= 11 is 11.8. The zero-order valence-electron chi connectivity index (χ0n) is 8.79. The lowest BCUT2D eigenvalue weighted by Crippen LogP contribution is -2.25. The molecule has 2 atom stereocenters. The first-order valence-electron chi connectivity index (χ1n) is 5.51. The maximum atomic E-state index is 5.98. The summed E-state index contributed by atoms with van der Waals surface area (Å²) in [6.45, 7) is 4.46. The van der Waals surface area contributed by atoms with E-state index in [1.807, 2.05) is 12.3 Å². The molecule has 3 nitrogen and oxygen atoms in total. The molecule has 3 rings (SSSR count). The molecular weight excluding hydrogens is 245 g/mol. The van der Waals surface area contributed by atoms with Crippen molar-refractivity contribution in [2.75, 3.05) is 31.1 Å². The molecule has 2 aliphatic heterocycles. The topological polar surface area (TPSA) is 28.2 Å². The zero-order valence-corrected chi connectivity index (χ0v) is 10.3. The van der Waals surface area contributed by atoms with Crippen LogP contribution in [0.2, 0.25) is 10.2 Å². The fourth-order valence-electron chi connectivity index (χ4n) is 2.65. The van der Waals surface area contributed by atoms with Crippen LogP contribution in [-0.2, 0) is 0 Å². The lowest BCUT2D eigenvalue weighted by atomic mass is 10.0. The molecule has 0 radical (unpaired) electrons. The van der Waals surface area contributed by atoms with Crippen LogP contribution >= 0.6 is 23.2 Å². The normalized spacial score (nSPS) is 28.5. The lowest BCUT2D eigenvalue weighted by Gasteiger charge is -2.19. The maximum Gasteiger partial charge on any atom is 0.147 e. The molecular formula is C11H13Cl2N3. The molecule has 5 heteroatoms. The molecule has 0 amide bonds. The van der Waals surface area contributed by atoms with Gasteiger partial charge in [-0.2, -0.15) is 0 Å². The van der Waals surface area contributed by atoms with Gasteiger partial charge in [0, 0.05) is 26.2 Å². The lowest BCUT2D eigenvalue weighted by molar-refractivity contribution is 0.533. The third-order valence-corrected chi connectivity index (χ3v) is 4.22. The molecule has 0 aromatic carbocycles. The molecule has 0 spiro atoms. The van der Waals surface area contributed by atoms with Crippen molar-refractivity contribution in [2.45, 2.75) is 0 Å². The van der Waals surface area contributed by atoms with E-state index in [-0.39, 0.29) is 0 Å². The molecule has 1 aromatic heterocycles. The average molecular weight is 258 g/mol. The Morgan fingerprint density at radius 1 is 1.25 bits per heavy atom. The van der Waals surface area contributed by atoms with Gasteiger partial charge in [0.15, 0.2) is 0 Å². The third-order valence-electron chi connectivity index (χ3n) is 3.54. The summed E-state index contributed by atoms with van der Waals surface area (Å²) in [5.74, 6) is 1.55. The molecule has 16 heavy (non-hydrogen) atoms. The fraction of sp³-hybridized carbons (Fsp3) is 0.545. The van der Waals surface area contributed by atoms with Gasteiger partial charge in [-0.05, 0) is 17.9 Å². The Morgan fingerprint density at radius 2 is 1.94 bits per heavy atom. The van der Waals surface area contributed by atoms with E-state index in [1.165, 1.54) is 0 Å². The molecule has 86 valence electrons. The number of rotatable bonds is 1. The number of nitrogens with zero attached hydrogens (tertiary/aromatic N) is 2. The number of pyridine rings is 1. The van der Waals surface area contributed by atoms with Gasteiger partial charge in [0.25, 0.3) is 0 Å². The minimum Gasteiger partial charge on any atom is -0.370 e. The highest BCUT2D eigenvalue weighted by atomic mass is 35.5. The van der Waals surface area contributed by atoms with E-state index in [2.05, 4.69) is 15.2 Å². The summed E-state index contributed by atoms with van der Waals surface area (Å²) in [5, 5.41) is 4.34. The molecule has 2 fully saturated rings. The Bertz CT molecular complexity index is 398. The van der Waals surface area contributed by atoms with E-state index in [1.54, 1.807) is 0 Å². The Kier molecular flexibility index (Phi) is 2.70. The SMILES string of the molecule is Clc1cc(N2CC3CNCC3C2)cnc1Cl. The predicted octanol–water partition coefficient (Wildman–Crippen LogP) is 2.04. The zero-order chi connectivity index (χ0) is 11.1. The van der Waals surface area contributed by atoms with E-state index < -0.39 is 0 Å². The minimum atomic E-state index is 0.381. The molecule has 0 aliphatic carbocycles. The van der Waals surface area contributed by atoms with Gasteiger partial charge in [-0.1, -0.05) is 23.2 Å². The monoisotopic (exact) mass is 257 g/mol. The fourth-order valence-corrected chi connectivity index (χ4v) is 2.91. The van der Waals surface area contributed by atoms with Crippen LogP contribution in [0.3, 0.4) is 0 Å². The molecule has 3 heterocycles. The molecule has 2 aliphatic rings. The highest BCUT2D eigenvalue weighted by molar-refractivity contribution is 6.41. The summed E-state index contributed by atoms with van der Waals surface area (Å²) in [5.41, 5.74) is 1.09. The number of anilines is 1. The van der Waals surface area contributed by atoms with Crippen LogP contribution in [0, 0.1) is 11.8 Å². The molecule has 2 unspecified atom stereocenters. The van der Waals surface area contributed by atoms with Gasteiger partial charge >= 0.3 is 0 Å². The predicted molar refractivity (Wildman–Crippen MR) is 66.3 cm³/mol. The number of aromatic nitrogens is 1. The highest BCUT2D eigenvalue weighted by Gasteiger charge is 2.36. The summed E-state index contributed by atoms with van der Waals surface area (Å²) < 4.78 is 0. The molecule has 1 aromatic rings. The Labute approximate surface area is 105 Å². The van der Waals surface area contributed by atoms with E-state index in [0.717, 1.165) is 43.7 Å². The van der Waals surface area contributed by atoms with Crippen LogP contribution in [0.15, 0.2) is 12.3 Å². The van der Waals surface area contributed by atoms with Crippen molar-refractivity contribution in [3.05, 3.63) is 22.4 Å². The van der Waals surface area contributed by atoms with Crippen LogP contribution in [0.25, 0.3) is 0 Å². The summed E-state index contributed by atoms with van der Waals surface area (Å²) in [6.07, 6.45) is 1.81. The second-order valence-electron chi connectivity index (χ2n) is 4.55. The second kappa shape index (κ2) is 4.06. The van der Waals surface area contributed by atoms with E-state index in [0.29, 0.717) is 10.2 Å². The van der Waals surface area contributed by atoms with Gasteiger partial charge in [-0.3, -0.25) is 0 Å². The smallest absolute Gasteiger partial charge is 0.147 e. The van der Waals surface area contributed by atoms with Crippen molar-refractivity contribution in [1.82, 2.24) is 10.3 Å². The summed E-state index contributed by atoms with van der Waals surface area (Å²) in [4.78, 5) is 6.45. The first-order valence-corrected chi connectivity index (χ1v) is 6.26. The standard InChI is InChI=1S/C11H13Cl2N3/c12-10-1-9(4-15-11(10)13)16-5-7-2-14-3-8(7)6-16/h1,4,7-8,14H,2-3,5-6H2. The molecule has 0 saturated carbocycles. The average Bonchev–Trinajstić information content (AvgIpc) is 2.81. The van der Waals surface area contributed by atoms with Gasteiger partial charge in [0.2, 0.25) is 0 Å². The quantitative estimate of drug-likeness (QED) is 0.781. The number of halogens is 2. The van der Waals surface area contributed by atoms with Gasteiger partial charge in [-0.25, -0.2) is 4.98 Å². The Morgan fingerprint density at radius 3 is 2.56 bits per heavy atom. The van der Waals surface area contributed by atoms with Gasteiger partial charge in [-0.15, -0.1) is 0 Å². The molecule has 2 saturated heterocycles. The summed E-state index contributed by atoms with van der Waals surface area (Å²) in [7, 11) is 0. The Balaban J connectivity index is 1.81. The number of hydrogen-bond acceptors (Lipinski definition) is 3. The van der Waals surface area contributed by atoms with Gasteiger partial charge in [0.05, 0.1) is 16.9 Å². The van der Waals surface area contributed by atoms with Crippen molar-refractivity contribution in [1.29, 1.82) is 0 Å². The van der Waals surface area contributed by atoms with Crippen molar-refractivity contribution in [3.63, 3.8) is 0 Å². The van der Waals surface area contributed by atoms with Crippen molar-refractivity contribution in [3.8, 4) is 0 Å². The first kappa shape index (κ1) is 10.6. The maximum absolute atomic E-state index is 5.98. The highest BCUT2D eigenvalue weighted by Crippen LogP contribution is 2.32. The van der Waals surface area contributed by atoms with Gasteiger partial charge in [0.1, 0.15) is 5.15 Å². The van der Waals surface area contributed by atoms with Crippen molar-refractivity contribution in [2.24, 2.45) is 11.8 Å². The van der Waals surface area contributed by atoms with Crippen LogP contribution < -0.4 is 10.2 Å². The molecule has 0 bridgehead atoms. The molecule has 1 N–H and O–H groups in total. The largest absolute Gasteiger partial charge is 0.370 e. The second-order valence-corrected chi connectivity index (χ2v) is 5.31.